The standard InChI is InChI=1S/C17H22F2N2O2/c1-4-10(2)16(20-11(3)22)17-21-12(9-23-17)8-13-14(18)6-5-7-15(13)19/h5-7,10,12,16H,4,8-9H2,1-3H3,(H,20,22)/t10-,12?,16-/m0/s1. The van der Waals surface area contributed by atoms with E-state index < -0.39 is 11.6 Å². The van der Waals surface area contributed by atoms with Gasteiger partial charge in [-0.2, -0.15) is 0 Å². The summed E-state index contributed by atoms with van der Waals surface area (Å²) in [6.45, 7) is 5.71. The molecule has 1 aliphatic heterocycles. The van der Waals surface area contributed by atoms with E-state index in [0.29, 0.717) is 5.90 Å². The first-order valence-electron chi connectivity index (χ1n) is 7.82. The van der Waals surface area contributed by atoms with Gasteiger partial charge in [0.05, 0.1) is 6.04 Å². The molecule has 2 rings (SSSR count). The maximum atomic E-state index is 13.7. The number of benzene rings is 1. The van der Waals surface area contributed by atoms with Gasteiger partial charge in [-0.25, -0.2) is 13.8 Å². The van der Waals surface area contributed by atoms with Gasteiger partial charge in [-0.15, -0.1) is 0 Å². The molecule has 6 heteroatoms. The molecule has 0 spiro atoms. The summed E-state index contributed by atoms with van der Waals surface area (Å²) in [6.07, 6.45) is 0.981. The summed E-state index contributed by atoms with van der Waals surface area (Å²) in [5.74, 6) is -0.717. The van der Waals surface area contributed by atoms with E-state index in [4.69, 9.17) is 4.74 Å². The van der Waals surface area contributed by atoms with Crippen LogP contribution in [-0.2, 0) is 16.0 Å². The normalized spacial score (nSPS) is 19.7. The molecular weight excluding hydrogens is 302 g/mol. The van der Waals surface area contributed by atoms with Gasteiger partial charge in [0.1, 0.15) is 24.3 Å². The zero-order valence-electron chi connectivity index (χ0n) is 13.6. The lowest BCUT2D eigenvalue weighted by atomic mass is 9.99. The molecule has 1 aromatic carbocycles. The maximum absolute atomic E-state index is 13.7. The van der Waals surface area contributed by atoms with Crippen LogP contribution in [0.2, 0.25) is 0 Å². The van der Waals surface area contributed by atoms with Gasteiger partial charge in [0.15, 0.2) is 0 Å². The second kappa shape index (κ2) is 7.53. The van der Waals surface area contributed by atoms with Gasteiger partial charge in [0.25, 0.3) is 0 Å². The minimum absolute atomic E-state index is 0.0192. The Labute approximate surface area is 134 Å². The van der Waals surface area contributed by atoms with Crippen LogP contribution in [0.1, 0.15) is 32.8 Å². The summed E-state index contributed by atoms with van der Waals surface area (Å²) in [5.41, 5.74) is 0.0192. The van der Waals surface area contributed by atoms with E-state index in [1.54, 1.807) is 0 Å². The van der Waals surface area contributed by atoms with E-state index in [-0.39, 0.29) is 42.5 Å². The van der Waals surface area contributed by atoms with Crippen molar-refractivity contribution in [2.24, 2.45) is 10.9 Å². The number of hydrogen-bond donors (Lipinski definition) is 1. The predicted molar refractivity (Wildman–Crippen MR) is 84.3 cm³/mol. The van der Waals surface area contributed by atoms with Gasteiger partial charge in [0, 0.05) is 18.9 Å². The number of amides is 1. The Bertz CT molecular complexity index is 584. The number of carbonyl (C=O) groups excluding carboxylic acids is 1. The van der Waals surface area contributed by atoms with Crippen LogP contribution in [0.5, 0.6) is 0 Å². The topological polar surface area (TPSA) is 50.7 Å². The average molecular weight is 324 g/mol. The molecule has 0 fully saturated rings. The first kappa shape index (κ1) is 17.4. The van der Waals surface area contributed by atoms with Crippen molar-refractivity contribution in [1.29, 1.82) is 0 Å². The number of nitrogens with zero attached hydrogens (tertiary/aromatic N) is 1. The highest BCUT2D eigenvalue weighted by atomic mass is 19.1. The molecule has 0 aliphatic carbocycles. The van der Waals surface area contributed by atoms with Crippen molar-refractivity contribution >= 4 is 11.8 Å². The molecule has 126 valence electrons. The van der Waals surface area contributed by atoms with Gasteiger partial charge < -0.3 is 10.1 Å². The summed E-state index contributed by atoms with van der Waals surface area (Å²) >= 11 is 0. The van der Waals surface area contributed by atoms with Crippen molar-refractivity contribution in [1.82, 2.24) is 5.32 Å². The Kier molecular flexibility index (Phi) is 5.69. The van der Waals surface area contributed by atoms with Gasteiger partial charge in [0.2, 0.25) is 11.8 Å². The second-order valence-electron chi connectivity index (χ2n) is 5.90. The zero-order chi connectivity index (χ0) is 17.0. The van der Waals surface area contributed by atoms with E-state index >= 15 is 0 Å². The van der Waals surface area contributed by atoms with Crippen LogP contribution in [0.4, 0.5) is 8.78 Å². The monoisotopic (exact) mass is 324 g/mol. The molecule has 1 aromatic rings. The van der Waals surface area contributed by atoms with E-state index in [2.05, 4.69) is 10.3 Å². The molecule has 1 unspecified atom stereocenters. The number of nitrogens with one attached hydrogen (secondary N) is 1. The molecule has 3 atom stereocenters. The quantitative estimate of drug-likeness (QED) is 0.875. The van der Waals surface area contributed by atoms with Crippen molar-refractivity contribution in [2.45, 2.75) is 45.7 Å². The van der Waals surface area contributed by atoms with Crippen LogP contribution >= 0.6 is 0 Å². The highest BCUT2D eigenvalue weighted by Crippen LogP contribution is 2.20. The van der Waals surface area contributed by atoms with Crippen molar-refractivity contribution in [3.8, 4) is 0 Å². The van der Waals surface area contributed by atoms with Gasteiger partial charge in [-0.1, -0.05) is 26.3 Å². The van der Waals surface area contributed by atoms with Gasteiger partial charge >= 0.3 is 0 Å². The minimum atomic E-state index is -0.575. The number of aliphatic imine (C=N–C) groups is 1. The lowest BCUT2D eigenvalue weighted by molar-refractivity contribution is -0.119. The zero-order valence-corrected chi connectivity index (χ0v) is 13.6. The van der Waals surface area contributed by atoms with Crippen LogP contribution in [0.3, 0.4) is 0 Å². The van der Waals surface area contributed by atoms with Gasteiger partial charge in [-0.05, 0) is 18.1 Å². The van der Waals surface area contributed by atoms with Crippen molar-refractivity contribution in [2.75, 3.05) is 6.61 Å². The molecular formula is C17H22F2N2O2. The lowest BCUT2D eigenvalue weighted by Gasteiger charge is -2.22. The number of hydrogen-bond acceptors (Lipinski definition) is 3. The smallest absolute Gasteiger partial charge is 0.217 e. The molecule has 0 aromatic heterocycles. The van der Waals surface area contributed by atoms with Crippen LogP contribution < -0.4 is 5.32 Å². The van der Waals surface area contributed by atoms with E-state index in [1.165, 1.54) is 25.1 Å². The minimum Gasteiger partial charge on any atom is -0.477 e. The molecule has 1 aliphatic rings. The third-order valence-corrected chi connectivity index (χ3v) is 4.07. The molecule has 23 heavy (non-hydrogen) atoms. The van der Waals surface area contributed by atoms with Crippen LogP contribution in [0, 0.1) is 17.6 Å². The summed E-state index contributed by atoms with van der Waals surface area (Å²) in [4.78, 5) is 15.8. The fourth-order valence-electron chi connectivity index (χ4n) is 2.58. The van der Waals surface area contributed by atoms with Crippen LogP contribution in [0.25, 0.3) is 0 Å². The first-order chi connectivity index (χ1) is 10.9. The van der Waals surface area contributed by atoms with Crippen LogP contribution in [-0.4, -0.2) is 30.5 Å². The Balaban J connectivity index is 2.14. The van der Waals surface area contributed by atoms with Crippen molar-refractivity contribution in [3.05, 3.63) is 35.4 Å². The number of rotatable bonds is 6. The van der Waals surface area contributed by atoms with Gasteiger partial charge in [-0.3, -0.25) is 4.79 Å². The molecule has 0 saturated carbocycles. The maximum Gasteiger partial charge on any atom is 0.217 e. The van der Waals surface area contributed by atoms with E-state index in [1.807, 2.05) is 13.8 Å². The predicted octanol–water partition coefficient (Wildman–Crippen LogP) is 2.86. The molecule has 1 N–H and O–H groups in total. The largest absolute Gasteiger partial charge is 0.477 e. The van der Waals surface area contributed by atoms with Crippen molar-refractivity contribution < 1.29 is 18.3 Å². The van der Waals surface area contributed by atoms with Crippen LogP contribution in [0.15, 0.2) is 23.2 Å². The molecule has 1 heterocycles. The SMILES string of the molecule is CC[C@H](C)[C@H](NC(C)=O)C1=NC(Cc2c(F)cccc2F)CO1. The third kappa shape index (κ3) is 4.27. The molecule has 0 radical (unpaired) electrons. The summed E-state index contributed by atoms with van der Waals surface area (Å²) in [7, 11) is 0. The fourth-order valence-corrected chi connectivity index (χ4v) is 2.58. The number of carbonyl (C=O) groups is 1. The van der Waals surface area contributed by atoms with E-state index in [9.17, 15) is 13.6 Å². The summed E-state index contributed by atoms with van der Waals surface area (Å²) < 4.78 is 33.1. The average Bonchev–Trinajstić information content (AvgIpc) is 2.96. The summed E-state index contributed by atoms with van der Waals surface area (Å²) in [6, 6.07) is 3.14. The number of halogens is 2. The molecule has 4 nitrogen and oxygen atoms in total. The van der Waals surface area contributed by atoms with Crippen molar-refractivity contribution in [3.63, 3.8) is 0 Å². The highest BCUT2D eigenvalue weighted by molar-refractivity contribution is 5.88. The Morgan fingerprint density at radius 3 is 2.65 bits per heavy atom. The molecule has 0 saturated heterocycles. The second-order valence-corrected chi connectivity index (χ2v) is 5.90. The Morgan fingerprint density at radius 1 is 1.43 bits per heavy atom. The summed E-state index contributed by atoms with van der Waals surface area (Å²) in [5, 5.41) is 2.84. The Morgan fingerprint density at radius 2 is 2.09 bits per heavy atom. The fraction of sp³-hybridized carbons (Fsp3) is 0.529. The molecule has 0 bridgehead atoms. The number of ether oxygens (including phenoxy) is 1. The Hall–Kier alpha value is -1.98. The highest BCUT2D eigenvalue weighted by Gasteiger charge is 2.30. The van der Waals surface area contributed by atoms with E-state index in [0.717, 1.165) is 6.42 Å². The third-order valence-electron chi connectivity index (χ3n) is 4.07. The lowest BCUT2D eigenvalue weighted by Crippen LogP contribution is -2.44. The molecule has 1 amide bonds. The first-order valence-corrected chi connectivity index (χ1v) is 7.82.